The van der Waals surface area contributed by atoms with Gasteiger partial charge in [0.15, 0.2) is 0 Å². The van der Waals surface area contributed by atoms with Crippen LogP contribution in [-0.4, -0.2) is 49.0 Å². The van der Waals surface area contributed by atoms with E-state index >= 15 is 0 Å². The highest BCUT2D eigenvalue weighted by molar-refractivity contribution is 5.93. The second-order valence-corrected chi connectivity index (χ2v) is 6.22. The maximum atomic E-state index is 11.8. The molecule has 6 heteroatoms. The fraction of sp³-hybridized carbons (Fsp3) is 0.750. The lowest BCUT2D eigenvalue weighted by molar-refractivity contribution is -0.147. The van der Waals surface area contributed by atoms with Gasteiger partial charge in [-0.25, -0.2) is 4.79 Å². The topological polar surface area (TPSA) is 72.9 Å². The van der Waals surface area contributed by atoms with Crippen molar-refractivity contribution in [3.63, 3.8) is 0 Å². The van der Waals surface area contributed by atoms with Gasteiger partial charge in [-0.1, -0.05) is 45.6 Å². The number of esters is 2. The SMILES string of the molecule is C=C(CC(=O)OCCCCCCCC)C(=O)OCCC(=O)N(CC)CC. The summed E-state index contributed by atoms with van der Waals surface area (Å²) in [7, 11) is 0. The minimum absolute atomic E-state index is 0.0139. The first kappa shape index (κ1) is 24.1. The van der Waals surface area contributed by atoms with Crippen LogP contribution in [0.2, 0.25) is 0 Å². The van der Waals surface area contributed by atoms with E-state index in [0.29, 0.717) is 19.7 Å². The van der Waals surface area contributed by atoms with Crippen LogP contribution in [-0.2, 0) is 23.9 Å². The van der Waals surface area contributed by atoms with Gasteiger partial charge in [0.05, 0.1) is 19.4 Å². The summed E-state index contributed by atoms with van der Waals surface area (Å²) < 4.78 is 10.1. The molecule has 150 valence electrons. The number of rotatable bonds is 15. The van der Waals surface area contributed by atoms with Crippen LogP contribution in [0.5, 0.6) is 0 Å². The summed E-state index contributed by atoms with van der Waals surface area (Å²) in [5, 5.41) is 0. The van der Waals surface area contributed by atoms with E-state index in [9.17, 15) is 14.4 Å². The van der Waals surface area contributed by atoms with E-state index in [1.54, 1.807) is 4.90 Å². The zero-order valence-electron chi connectivity index (χ0n) is 16.7. The zero-order valence-corrected chi connectivity index (χ0v) is 16.7. The molecule has 0 aliphatic rings. The molecule has 0 rings (SSSR count). The van der Waals surface area contributed by atoms with Crippen molar-refractivity contribution in [2.24, 2.45) is 0 Å². The normalized spacial score (nSPS) is 10.3. The summed E-state index contributed by atoms with van der Waals surface area (Å²) in [5.41, 5.74) is 0.0493. The second-order valence-electron chi connectivity index (χ2n) is 6.22. The number of carbonyl (C=O) groups excluding carboxylic acids is 3. The van der Waals surface area contributed by atoms with E-state index in [1.807, 2.05) is 13.8 Å². The third kappa shape index (κ3) is 11.7. The maximum Gasteiger partial charge on any atom is 0.334 e. The molecule has 0 aromatic rings. The third-order valence-electron chi connectivity index (χ3n) is 4.07. The Labute approximate surface area is 157 Å². The summed E-state index contributed by atoms with van der Waals surface area (Å²) in [5.74, 6) is -1.19. The predicted octanol–water partition coefficient (Wildman–Crippen LogP) is 3.64. The Morgan fingerprint density at radius 1 is 0.846 bits per heavy atom. The highest BCUT2D eigenvalue weighted by Crippen LogP contribution is 2.07. The van der Waals surface area contributed by atoms with Gasteiger partial charge >= 0.3 is 11.9 Å². The third-order valence-corrected chi connectivity index (χ3v) is 4.07. The minimum Gasteiger partial charge on any atom is -0.465 e. The molecule has 0 aromatic carbocycles. The number of ether oxygens (including phenoxy) is 2. The lowest BCUT2D eigenvalue weighted by atomic mass is 10.1. The highest BCUT2D eigenvalue weighted by atomic mass is 16.5. The number of amides is 1. The van der Waals surface area contributed by atoms with E-state index in [2.05, 4.69) is 13.5 Å². The molecular weight excluding hydrogens is 334 g/mol. The molecule has 0 aliphatic heterocycles. The molecule has 0 aliphatic carbocycles. The van der Waals surface area contributed by atoms with Crippen LogP contribution in [0.25, 0.3) is 0 Å². The number of carbonyl (C=O) groups is 3. The van der Waals surface area contributed by atoms with Gasteiger partial charge in [-0.05, 0) is 20.3 Å². The standard InChI is InChI=1S/C20H35NO5/c1-5-8-9-10-11-12-14-25-19(23)16-17(4)20(24)26-15-13-18(22)21(6-2)7-3/h4-16H2,1-3H3. The molecule has 0 spiro atoms. The molecule has 0 heterocycles. The molecule has 0 saturated heterocycles. The van der Waals surface area contributed by atoms with E-state index in [1.165, 1.54) is 19.3 Å². The van der Waals surface area contributed by atoms with E-state index in [0.717, 1.165) is 19.3 Å². The smallest absolute Gasteiger partial charge is 0.334 e. The van der Waals surface area contributed by atoms with Crippen LogP contribution in [0.4, 0.5) is 0 Å². The predicted molar refractivity (Wildman–Crippen MR) is 102 cm³/mol. The van der Waals surface area contributed by atoms with E-state index < -0.39 is 11.9 Å². The molecule has 0 fully saturated rings. The highest BCUT2D eigenvalue weighted by Gasteiger charge is 2.16. The summed E-state index contributed by atoms with van der Waals surface area (Å²) >= 11 is 0. The Morgan fingerprint density at radius 2 is 1.46 bits per heavy atom. The van der Waals surface area contributed by atoms with Gasteiger partial charge in [0.2, 0.25) is 5.91 Å². The Hall–Kier alpha value is -1.85. The molecule has 0 bridgehead atoms. The average Bonchev–Trinajstić information content (AvgIpc) is 2.61. The van der Waals surface area contributed by atoms with Crippen molar-refractivity contribution < 1.29 is 23.9 Å². The zero-order chi connectivity index (χ0) is 19.8. The van der Waals surface area contributed by atoms with E-state index in [-0.39, 0.29) is 30.9 Å². The summed E-state index contributed by atoms with van der Waals surface area (Å²) in [6.07, 6.45) is 6.62. The van der Waals surface area contributed by atoms with Crippen molar-refractivity contribution in [2.75, 3.05) is 26.3 Å². The molecule has 26 heavy (non-hydrogen) atoms. The van der Waals surface area contributed by atoms with Gasteiger partial charge < -0.3 is 14.4 Å². The quantitative estimate of drug-likeness (QED) is 0.250. The Kier molecular flexibility index (Phi) is 14.3. The molecule has 6 nitrogen and oxygen atoms in total. The Balaban J connectivity index is 3.85. The summed E-state index contributed by atoms with van der Waals surface area (Å²) in [6.45, 7) is 11.1. The fourth-order valence-corrected chi connectivity index (χ4v) is 2.43. The van der Waals surface area contributed by atoms with Crippen molar-refractivity contribution in [2.45, 2.75) is 72.1 Å². The van der Waals surface area contributed by atoms with Gasteiger partial charge in [0.25, 0.3) is 0 Å². The van der Waals surface area contributed by atoms with Crippen molar-refractivity contribution in [1.29, 1.82) is 0 Å². The first-order chi connectivity index (χ1) is 12.5. The number of nitrogens with zero attached hydrogens (tertiary/aromatic N) is 1. The van der Waals surface area contributed by atoms with Crippen LogP contribution in [0.3, 0.4) is 0 Å². The molecule has 0 aromatic heterocycles. The van der Waals surface area contributed by atoms with Gasteiger partial charge in [0, 0.05) is 18.7 Å². The van der Waals surface area contributed by atoms with Gasteiger partial charge in [0.1, 0.15) is 6.61 Å². The number of hydrogen-bond acceptors (Lipinski definition) is 5. The molecule has 0 saturated carbocycles. The molecule has 0 unspecified atom stereocenters. The van der Waals surface area contributed by atoms with Gasteiger partial charge in [-0.15, -0.1) is 0 Å². The average molecular weight is 370 g/mol. The Morgan fingerprint density at radius 3 is 2.08 bits per heavy atom. The van der Waals surface area contributed by atoms with Crippen molar-refractivity contribution in [1.82, 2.24) is 4.90 Å². The van der Waals surface area contributed by atoms with Gasteiger partial charge in [-0.2, -0.15) is 0 Å². The van der Waals surface area contributed by atoms with Crippen LogP contribution < -0.4 is 0 Å². The Bertz CT molecular complexity index is 443. The summed E-state index contributed by atoms with van der Waals surface area (Å²) in [4.78, 5) is 37.0. The van der Waals surface area contributed by atoms with Gasteiger partial charge in [-0.3, -0.25) is 9.59 Å². The first-order valence-electron chi connectivity index (χ1n) is 9.74. The largest absolute Gasteiger partial charge is 0.465 e. The number of hydrogen-bond donors (Lipinski definition) is 0. The molecule has 0 atom stereocenters. The van der Waals surface area contributed by atoms with E-state index in [4.69, 9.17) is 9.47 Å². The van der Waals surface area contributed by atoms with Crippen LogP contribution in [0, 0.1) is 0 Å². The first-order valence-corrected chi connectivity index (χ1v) is 9.74. The molecular formula is C20H35NO5. The lowest BCUT2D eigenvalue weighted by Gasteiger charge is -2.18. The van der Waals surface area contributed by atoms with Crippen molar-refractivity contribution in [3.05, 3.63) is 12.2 Å². The minimum atomic E-state index is -0.658. The van der Waals surface area contributed by atoms with Crippen LogP contribution in [0.1, 0.15) is 72.1 Å². The van der Waals surface area contributed by atoms with Crippen molar-refractivity contribution >= 4 is 17.8 Å². The van der Waals surface area contributed by atoms with Crippen LogP contribution >= 0.6 is 0 Å². The van der Waals surface area contributed by atoms with Crippen molar-refractivity contribution in [3.8, 4) is 0 Å². The molecule has 1 amide bonds. The monoisotopic (exact) mass is 369 g/mol. The van der Waals surface area contributed by atoms with Crippen LogP contribution in [0.15, 0.2) is 12.2 Å². The second kappa shape index (κ2) is 15.4. The summed E-state index contributed by atoms with van der Waals surface area (Å²) in [6, 6.07) is 0. The molecule has 0 N–H and O–H groups in total. The maximum absolute atomic E-state index is 11.8. The molecule has 0 radical (unpaired) electrons. The number of unbranched alkanes of at least 4 members (excludes halogenated alkanes) is 5. The lowest BCUT2D eigenvalue weighted by Crippen LogP contribution is -2.31. The fourth-order valence-electron chi connectivity index (χ4n) is 2.43.